The van der Waals surface area contributed by atoms with Crippen LogP contribution in [0.3, 0.4) is 0 Å². The van der Waals surface area contributed by atoms with Gasteiger partial charge in [0.2, 0.25) is 10.0 Å². The second kappa shape index (κ2) is 6.72. The fourth-order valence-electron chi connectivity index (χ4n) is 1.49. The Balaban J connectivity index is 2.73. The number of sulfonamides is 1. The Labute approximate surface area is 108 Å². The van der Waals surface area contributed by atoms with Crippen LogP contribution in [0.5, 0.6) is 5.75 Å². The van der Waals surface area contributed by atoms with E-state index in [1.165, 1.54) is 19.2 Å². The van der Waals surface area contributed by atoms with Crippen molar-refractivity contribution in [1.82, 2.24) is 4.72 Å². The molecule has 1 unspecified atom stereocenters. The molecule has 5 nitrogen and oxygen atoms in total. The zero-order valence-electron chi connectivity index (χ0n) is 10.6. The summed E-state index contributed by atoms with van der Waals surface area (Å²) in [5, 5.41) is 9.51. The quantitative estimate of drug-likeness (QED) is 0.781. The molecule has 18 heavy (non-hydrogen) atoms. The summed E-state index contributed by atoms with van der Waals surface area (Å²) in [5.74, 6) is 0.479. The maximum Gasteiger partial charge on any atom is 0.240 e. The Kier molecular flexibility index (Phi) is 5.58. The van der Waals surface area contributed by atoms with E-state index in [0.717, 1.165) is 6.42 Å². The van der Waals surface area contributed by atoms with Gasteiger partial charge in [0.1, 0.15) is 5.75 Å². The summed E-state index contributed by atoms with van der Waals surface area (Å²) < 4.78 is 31.2. The van der Waals surface area contributed by atoms with Gasteiger partial charge in [-0.05, 0) is 18.6 Å². The van der Waals surface area contributed by atoms with Crippen molar-refractivity contribution in [2.45, 2.75) is 30.8 Å². The number of aliphatic hydroxyl groups is 1. The van der Waals surface area contributed by atoms with Crippen LogP contribution < -0.4 is 9.46 Å². The summed E-state index contributed by atoms with van der Waals surface area (Å²) in [6, 6.07) is 6.20. The Morgan fingerprint density at radius 1 is 1.44 bits per heavy atom. The molecule has 0 aliphatic rings. The summed E-state index contributed by atoms with van der Waals surface area (Å²) in [7, 11) is -2.12. The van der Waals surface area contributed by atoms with E-state index in [-0.39, 0.29) is 11.4 Å². The van der Waals surface area contributed by atoms with Gasteiger partial charge in [-0.3, -0.25) is 0 Å². The Hall–Kier alpha value is -1.11. The average molecular weight is 273 g/mol. The first-order valence-electron chi connectivity index (χ1n) is 5.81. The van der Waals surface area contributed by atoms with Crippen molar-refractivity contribution in [2.24, 2.45) is 0 Å². The molecule has 102 valence electrons. The lowest BCUT2D eigenvalue weighted by Gasteiger charge is -2.11. The van der Waals surface area contributed by atoms with Crippen molar-refractivity contribution >= 4 is 10.0 Å². The smallest absolute Gasteiger partial charge is 0.240 e. The molecular formula is C12H19NO4S. The van der Waals surface area contributed by atoms with Gasteiger partial charge in [-0.25, -0.2) is 13.1 Å². The minimum Gasteiger partial charge on any atom is -0.497 e. The van der Waals surface area contributed by atoms with Gasteiger partial charge in [-0.1, -0.05) is 19.4 Å². The van der Waals surface area contributed by atoms with Gasteiger partial charge in [0, 0.05) is 12.6 Å². The minimum atomic E-state index is -3.60. The molecule has 1 aromatic carbocycles. The van der Waals surface area contributed by atoms with Crippen LogP contribution in [0.4, 0.5) is 0 Å². The summed E-state index contributed by atoms with van der Waals surface area (Å²) in [6.07, 6.45) is 0.721. The molecule has 0 aliphatic heterocycles. The highest BCUT2D eigenvalue weighted by molar-refractivity contribution is 7.89. The van der Waals surface area contributed by atoms with Crippen molar-refractivity contribution in [3.8, 4) is 5.75 Å². The minimum absolute atomic E-state index is 0.0212. The third kappa shape index (κ3) is 4.29. The van der Waals surface area contributed by atoms with E-state index in [0.29, 0.717) is 12.2 Å². The van der Waals surface area contributed by atoms with Crippen LogP contribution in [-0.4, -0.2) is 33.3 Å². The molecule has 0 aromatic heterocycles. The van der Waals surface area contributed by atoms with Gasteiger partial charge < -0.3 is 9.84 Å². The number of rotatable bonds is 7. The van der Waals surface area contributed by atoms with Crippen molar-refractivity contribution in [3.63, 3.8) is 0 Å². The molecule has 0 amide bonds. The molecule has 1 atom stereocenters. The van der Waals surface area contributed by atoms with E-state index >= 15 is 0 Å². The maximum absolute atomic E-state index is 11.9. The molecule has 0 saturated carbocycles. The molecule has 0 spiro atoms. The standard InChI is InChI=1S/C12H19NO4S/c1-3-5-10(14)9-13-18(15,16)12-7-4-6-11(8-12)17-2/h4,6-8,10,13-14H,3,5,9H2,1-2H3. The molecule has 0 bridgehead atoms. The van der Waals surface area contributed by atoms with Crippen molar-refractivity contribution in [1.29, 1.82) is 0 Å². The number of hydrogen-bond donors (Lipinski definition) is 2. The molecule has 0 saturated heterocycles. The largest absolute Gasteiger partial charge is 0.497 e. The monoisotopic (exact) mass is 273 g/mol. The first kappa shape index (κ1) is 14.9. The van der Waals surface area contributed by atoms with E-state index in [1.54, 1.807) is 12.1 Å². The first-order chi connectivity index (χ1) is 8.49. The van der Waals surface area contributed by atoms with Crippen LogP contribution in [-0.2, 0) is 10.0 Å². The van der Waals surface area contributed by atoms with Crippen LogP contribution >= 0.6 is 0 Å². The van der Waals surface area contributed by atoms with Crippen LogP contribution in [0, 0.1) is 0 Å². The fourth-order valence-corrected chi connectivity index (χ4v) is 2.60. The first-order valence-corrected chi connectivity index (χ1v) is 7.29. The lowest BCUT2D eigenvalue weighted by molar-refractivity contribution is 0.167. The third-order valence-electron chi connectivity index (χ3n) is 2.48. The van der Waals surface area contributed by atoms with Crippen molar-refractivity contribution < 1.29 is 18.3 Å². The highest BCUT2D eigenvalue weighted by atomic mass is 32.2. The number of ether oxygens (including phenoxy) is 1. The second-order valence-electron chi connectivity index (χ2n) is 3.97. The van der Waals surface area contributed by atoms with E-state index in [1.807, 2.05) is 6.92 Å². The highest BCUT2D eigenvalue weighted by Crippen LogP contribution is 2.16. The zero-order chi connectivity index (χ0) is 13.6. The molecule has 0 heterocycles. The molecule has 1 rings (SSSR count). The summed E-state index contributed by atoms with van der Waals surface area (Å²) in [5.41, 5.74) is 0. The average Bonchev–Trinajstić information content (AvgIpc) is 2.37. The molecule has 0 aliphatic carbocycles. The Morgan fingerprint density at radius 3 is 2.78 bits per heavy atom. The molecule has 2 N–H and O–H groups in total. The second-order valence-corrected chi connectivity index (χ2v) is 5.74. The molecule has 0 radical (unpaired) electrons. The van der Waals surface area contributed by atoms with Crippen LogP contribution in [0.2, 0.25) is 0 Å². The maximum atomic E-state index is 11.9. The molecule has 1 aromatic rings. The topological polar surface area (TPSA) is 75.6 Å². The van der Waals surface area contributed by atoms with Crippen LogP contribution in [0.15, 0.2) is 29.2 Å². The van der Waals surface area contributed by atoms with Crippen molar-refractivity contribution in [2.75, 3.05) is 13.7 Å². The molecule has 0 fully saturated rings. The lowest BCUT2D eigenvalue weighted by atomic mass is 10.2. The van der Waals surface area contributed by atoms with Gasteiger partial charge in [-0.2, -0.15) is 0 Å². The van der Waals surface area contributed by atoms with Gasteiger partial charge in [0.25, 0.3) is 0 Å². The van der Waals surface area contributed by atoms with Gasteiger partial charge >= 0.3 is 0 Å². The normalized spacial score (nSPS) is 13.3. The van der Waals surface area contributed by atoms with Crippen molar-refractivity contribution in [3.05, 3.63) is 24.3 Å². The van der Waals surface area contributed by atoms with E-state index < -0.39 is 16.1 Å². The fraction of sp³-hybridized carbons (Fsp3) is 0.500. The van der Waals surface area contributed by atoms with Crippen LogP contribution in [0.1, 0.15) is 19.8 Å². The molecular weight excluding hydrogens is 254 g/mol. The van der Waals surface area contributed by atoms with Gasteiger partial charge in [-0.15, -0.1) is 0 Å². The third-order valence-corrected chi connectivity index (χ3v) is 3.90. The Morgan fingerprint density at radius 2 is 2.17 bits per heavy atom. The van der Waals surface area contributed by atoms with E-state index in [2.05, 4.69) is 4.72 Å². The van der Waals surface area contributed by atoms with Gasteiger partial charge in [0.05, 0.1) is 18.1 Å². The zero-order valence-corrected chi connectivity index (χ0v) is 11.4. The summed E-state index contributed by atoms with van der Waals surface area (Å²) >= 11 is 0. The SMILES string of the molecule is CCCC(O)CNS(=O)(=O)c1cccc(OC)c1. The van der Waals surface area contributed by atoms with Crippen LogP contribution in [0.25, 0.3) is 0 Å². The predicted octanol–water partition coefficient (Wildman–Crippen LogP) is 1.13. The molecule has 6 heteroatoms. The lowest BCUT2D eigenvalue weighted by Crippen LogP contribution is -2.32. The van der Waals surface area contributed by atoms with E-state index in [9.17, 15) is 13.5 Å². The summed E-state index contributed by atoms with van der Waals surface area (Å²) in [6.45, 7) is 1.95. The number of hydrogen-bond acceptors (Lipinski definition) is 4. The number of benzene rings is 1. The van der Waals surface area contributed by atoms with Gasteiger partial charge in [0.15, 0.2) is 0 Å². The summed E-state index contributed by atoms with van der Waals surface area (Å²) in [4.78, 5) is 0.130. The van der Waals surface area contributed by atoms with E-state index in [4.69, 9.17) is 4.74 Å². The predicted molar refractivity (Wildman–Crippen MR) is 69.1 cm³/mol. The number of methoxy groups -OCH3 is 1. The highest BCUT2D eigenvalue weighted by Gasteiger charge is 2.16. The Bertz CT molecular complexity index is 473. The number of nitrogens with one attached hydrogen (secondary N) is 1. The number of aliphatic hydroxyl groups excluding tert-OH is 1.